The fourth-order valence-electron chi connectivity index (χ4n) is 2.98. The van der Waals surface area contributed by atoms with Gasteiger partial charge in [-0.3, -0.25) is 9.97 Å². The molecule has 0 spiro atoms. The highest BCUT2D eigenvalue weighted by Crippen LogP contribution is 2.36. The number of hydrogen-bond acceptors (Lipinski definition) is 4. The zero-order chi connectivity index (χ0) is 19.3. The second-order valence-electron chi connectivity index (χ2n) is 6.93. The summed E-state index contributed by atoms with van der Waals surface area (Å²) in [6, 6.07) is 3.39. The third-order valence-corrected chi connectivity index (χ3v) is 4.10. The van der Waals surface area contributed by atoms with E-state index in [-0.39, 0.29) is 23.8 Å². The van der Waals surface area contributed by atoms with E-state index in [0.29, 0.717) is 23.2 Å². The van der Waals surface area contributed by atoms with E-state index >= 15 is 0 Å². The quantitative estimate of drug-likeness (QED) is 0.747. The van der Waals surface area contributed by atoms with Gasteiger partial charge in [-0.25, -0.2) is 13.2 Å². The minimum absolute atomic E-state index is 0.0673. The van der Waals surface area contributed by atoms with Crippen molar-refractivity contribution in [2.24, 2.45) is 11.7 Å². The number of aromatic nitrogens is 2. The molecule has 4 nitrogen and oxygen atoms in total. The summed E-state index contributed by atoms with van der Waals surface area (Å²) in [5.41, 5.74) is 5.98. The maximum atomic E-state index is 13.7. The lowest BCUT2D eigenvalue weighted by molar-refractivity contribution is 0.131. The Morgan fingerprint density at radius 2 is 1.88 bits per heavy atom. The van der Waals surface area contributed by atoms with Crippen LogP contribution in [0.3, 0.4) is 0 Å². The molecule has 0 aromatic carbocycles. The largest absolute Gasteiger partial charge is 0.489 e. The second-order valence-corrected chi connectivity index (χ2v) is 6.93. The van der Waals surface area contributed by atoms with Crippen LogP contribution in [0, 0.1) is 12.8 Å². The summed E-state index contributed by atoms with van der Waals surface area (Å²) in [7, 11) is 0. The van der Waals surface area contributed by atoms with E-state index in [2.05, 4.69) is 9.97 Å². The van der Waals surface area contributed by atoms with E-state index in [9.17, 15) is 13.2 Å². The zero-order valence-corrected chi connectivity index (χ0v) is 15.2. The molecule has 2 rings (SSSR count). The Kier molecular flexibility index (Phi) is 6.58. The van der Waals surface area contributed by atoms with Crippen molar-refractivity contribution in [3.8, 4) is 17.0 Å². The first-order valence-electron chi connectivity index (χ1n) is 8.43. The standard InChI is InChI=1S/C19H24F3N3O/c1-12(2)8-19(23,10-20)11-26-15-9-25-17(13(3)16(15)18(21)22)14-4-6-24-7-5-14/h4-7,9,12,18H,8,10-11,23H2,1-3H3/t19-/m1/s1. The van der Waals surface area contributed by atoms with E-state index in [0.717, 1.165) is 0 Å². The molecule has 0 saturated heterocycles. The molecule has 0 saturated carbocycles. The summed E-state index contributed by atoms with van der Waals surface area (Å²) in [5, 5.41) is 0. The summed E-state index contributed by atoms with van der Waals surface area (Å²) in [4.78, 5) is 8.17. The molecule has 0 aliphatic rings. The molecule has 0 aliphatic carbocycles. The first-order valence-corrected chi connectivity index (χ1v) is 8.43. The van der Waals surface area contributed by atoms with Gasteiger partial charge in [-0.2, -0.15) is 0 Å². The van der Waals surface area contributed by atoms with Crippen molar-refractivity contribution in [2.75, 3.05) is 13.3 Å². The summed E-state index contributed by atoms with van der Waals surface area (Å²) in [6.07, 6.45) is 2.02. The number of alkyl halides is 3. The molecule has 26 heavy (non-hydrogen) atoms. The SMILES string of the molecule is Cc1c(-c2ccncc2)ncc(OC[C@](N)(CF)CC(C)C)c1C(F)F. The topological polar surface area (TPSA) is 61.0 Å². The Morgan fingerprint density at radius 1 is 1.23 bits per heavy atom. The Hall–Kier alpha value is -2.15. The van der Waals surface area contributed by atoms with E-state index in [4.69, 9.17) is 10.5 Å². The lowest BCUT2D eigenvalue weighted by Crippen LogP contribution is -2.49. The Labute approximate surface area is 151 Å². The van der Waals surface area contributed by atoms with E-state index in [1.807, 2.05) is 13.8 Å². The molecule has 0 aliphatic heterocycles. The lowest BCUT2D eigenvalue weighted by atomic mass is 9.92. The molecule has 0 fully saturated rings. The van der Waals surface area contributed by atoms with Gasteiger partial charge in [0.2, 0.25) is 0 Å². The van der Waals surface area contributed by atoms with Crippen molar-refractivity contribution < 1.29 is 17.9 Å². The zero-order valence-electron chi connectivity index (χ0n) is 15.2. The highest BCUT2D eigenvalue weighted by molar-refractivity contribution is 5.65. The van der Waals surface area contributed by atoms with Gasteiger partial charge in [-0.1, -0.05) is 13.8 Å². The van der Waals surface area contributed by atoms with Gasteiger partial charge in [-0.05, 0) is 37.0 Å². The van der Waals surface area contributed by atoms with Gasteiger partial charge in [0, 0.05) is 18.0 Å². The predicted octanol–water partition coefficient (Wildman–Crippen LogP) is 4.48. The molecule has 0 amide bonds. The van der Waals surface area contributed by atoms with E-state index in [1.165, 1.54) is 6.20 Å². The van der Waals surface area contributed by atoms with E-state index < -0.39 is 18.6 Å². The van der Waals surface area contributed by atoms with Crippen LogP contribution < -0.4 is 10.5 Å². The molecule has 2 heterocycles. The molecule has 2 aromatic heterocycles. The smallest absolute Gasteiger partial charge is 0.267 e. The average Bonchev–Trinajstić information content (AvgIpc) is 2.60. The van der Waals surface area contributed by atoms with Gasteiger partial charge in [-0.15, -0.1) is 0 Å². The van der Waals surface area contributed by atoms with Gasteiger partial charge in [0.25, 0.3) is 6.43 Å². The second kappa shape index (κ2) is 8.49. The monoisotopic (exact) mass is 367 g/mol. The number of ether oxygens (including phenoxy) is 1. The minimum Gasteiger partial charge on any atom is -0.489 e. The number of nitrogens with two attached hydrogens (primary N) is 1. The molecule has 142 valence electrons. The van der Waals surface area contributed by atoms with E-state index in [1.54, 1.807) is 31.5 Å². The van der Waals surface area contributed by atoms with Crippen LogP contribution >= 0.6 is 0 Å². The molecule has 2 N–H and O–H groups in total. The van der Waals surface area contributed by atoms with Gasteiger partial charge in [0.05, 0.1) is 23.0 Å². The molecule has 0 unspecified atom stereocenters. The first-order chi connectivity index (χ1) is 12.3. The number of hydrogen-bond donors (Lipinski definition) is 1. The highest BCUT2D eigenvalue weighted by Gasteiger charge is 2.29. The lowest BCUT2D eigenvalue weighted by Gasteiger charge is -2.28. The minimum atomic E-state index is -2.75. The van der Waals surface area contributed by atoms with Crippen LogP contribution in [0.25, 0.3) is 11.3 Å². The van der Waals surface area contributed by atoms with Crippen LogP contribution in [0.1, 0.15) is 37.8 Å². The van der Waals surface area contributed by atoms with Gasteiger partial charge in [0.15, 0.2) is 0 Å². The maximum Gasteiger partial charge on any atom is 0.267 e. The Bertz CT molecular complexity index is 725. The van der Waals surface area contributed by atoms with Crippen LogP contribution in [0.4, 0.5) is 13.2 Å². The van der Waals surface area contributed by atoms with Crippen molar-refractivity contribution in [1.29, 1.82) is 0 Å². The number of rotatable bonds is 8. The highest BCUT2D eigenvalue weighted by atomic mass is 19.3. The normalized spacial score (nSPS) is 13.9. The molecular formula is C19H24F3N3O. The number of pyridine rings is 2. The Morgan fingerprint density at radius 3 is 2.42 bits per heavy atom. The fraction of sp³-hybridized carbons (Fsp3) is 0.474. The fourth-order valence-corrected chi connectivity index (χ4v) is 2.98. The van der Waals surface area contributed by atoms with Gasteiger partial charge >= 0.3 is 0 Å². The van der Waals surface area contributed by atoms with Gasteiger partial charge < -0.3 is 10.5 Å². The summed E-state index contributed by atoms with van der Waals surface area (Å²) >= 11 is 0. The van der Waals surface area contributed by atoms with Crippen molar-refractivity contribution in [2.45, 2.75) is 39.2 Å². The van der Waals surface area contributed by atoms with Crippen LogP contribution in [0.15, 0.2) is 30.7 Å². The first kappa shape index (κ1) is 20.2. The van der Waals surface area contributed by atoms with Crippen LogP contribution in [0.5, 0.6) is 5.75 Å². The van der Waals surface area contributed by atoms with Crippen LogP contribution in [-0.4, -0.2) is 28.8 Å². The number of halogens is 3. The molecule has 0 bridgehead atoms. The van der Waals surface area contributed by atoms with Crippen molar-refractivity contribution in [1.82, 2.24) is 9.97 Å². The molecule has 7 heteroatoms. The third kappa shape index (κ3) is 4.72. The summed E-state index contributed by atoms with van der Waals surface area (Å²) in [5.74, 6) is 0.0881. The van der Waals surface area contributed by atoms with Crippen molar-refractivity contribution in [3.63, 3.8) is 0 Å². The third-order valence-electron chi connectivity index (χ3n) is 4.10. The van der Waals surface area contributed by atoms with Gasteiger partial charge in [0.1, 0.15) is 19.0 Å². The maximum absolute atomic E-state index is 13.7. The average molecular weight is 367 g/mol. The van der Waals surface area contributed by atoms with Crippen molar-refractivity contribution in [3.05, 3.63) is 41.9 Å². The molecule has 0 radical (unpaired) electrons. The predicted molar refractivity (Wildman–Crippen MR) is 95.0 cm³/mol. The van der Waals surface area contributed by atoms with Crippen LogP contribution in [-0.2, 0) is 0 Å². The van der Waals surface area contributed by atoms with Crippen molar-refractivity contribution >= 4 is 0 Å². The summed E-state index contributed by atoms with van der Waals surface area (Å²) < 4.78 is 46.2. The number of nitrogens with zero attached hydrogens (tertiary/aromatic N) is 2. The molecule has 2 aromatic rings. The Balaban J connectivity index is 2.33. The summed E-state index contributed by atoms with van der Waals surface area (Å²) in [6.45, 7) is 4.40. The molecule has 1 atom stereocenters. The van der Waals surface area contributed by atoms with Crippen LogP contribution in [0.2, 0.25) is 0 Å². The molecular weight excluding hydrogens is 343 g/mol.